The highest BCUT2D eigenvalue weighted by Gasteiger charge is 2.21. The monoisotopic (exact) mass is 233 g/mol. The quantitative estimate of drug-likeness (QED) is 0.820. The van der Waals surface area contributed by atoms with E-state index in [0.29, 0.717) is 0 Å². The summed E-state index contributed by atoms with van der Waals surface area (Å²) in [6.07, 6.45) is 1.09. The first-order chi connectivity index (χ1) is 7.75. The molecule has 0 atom stereocenters. The van der Waals surface area contributed by atoms with Crippen molar-refractivity contribution in [1.29, 1.82) is 0 Å². The van der Waals surface area contributed by atoms with Crippen molar-refractivity contribution in [2.24, 2.45) is 0 Å². The van der Waals surface area contributed by atoms with Crippen molar-refractivity contribution in [3.05, 3.63) is 28.3 Å². The lowest BCUT2D eigenvalue weighted by atomic mass is 10.0. The Hall–Kier alpha value is -1.13. The fourth-order valence-electron chi connectivity index (χ4n) is 2.23. The van der Waals surface area contributed by atoms with Gasteiger partial charge in [-0.25, -0.2) is 0 Å². The van der Waals surface area contributed by atoms with Crippen LogP contribution < -0.4 is 0 Å². The summed E-state index contributed by atoms with van der Waals surface area (Å²) in [5.74, 6) is 0. The molecule has 16 heavy (non-hydrogen) atoms. The topological polar surface area (TPSA) is 31.9 Å². The minimum absolute atomic E-state index is 1.01. The molecule has 1 aliphatic rings. The maximum Gasteiger partial charge on any atom is 0.107 e. The van der Waals surface area contributed by atoms with Crippen LogP contribution in [-0.2, 0) is 13.0 Å². The van der Waals surface area contributed by atoms with Gasteiger partial charge in [0.25, 0.3) is 0 Å². The minimum atomic E-state index is 1.01. The Morgan fingerprint density at radius 2 is 2.38 bits per heavy atom. The van der Waals surface area contributed by atoms with E-state index in [9.17, 15) is 0 Å². The van der Waals surface area contributed by atoms with Gasteiger partial charge in [-0.3, -0.25) is 5.10 Å². The van der Waals surface area contributed by atoms with E-state index in [-0.39, 0.29) is 0 Å². The Kier molecular flexibility index (Phi) is 2.33. The van der Waals surface area contributed by atoms with Gasteiger partial charge in [0.05, 0.1) is 4.88 Å². The number of nitrogens with zero attached hydrogens (tertiary/aromatic N) is 2. The highest BCUT2D eigenvalue weighted by molar-refractivity contribution is 7.13. The molecule has 0 aromatic carbocycles. The average Bonchev–Trinajstić information content (AvgIpc) is 2.83. The van der Waals surface area contributed by atoms with Crippen molar-refractivity contribution in [2.75, 3.05) is 13.6 Å². The molecule has 0 fully saturated rings. The van der Waals surface area contributed by atoms with Crippen LogP contribution in [-0.4, -0.2) is 28.7 Å². The molecule has 1 aliphatic heterocycles. The Labute approximate surface area is 99.1 Å². The SMILES string of the molecule is Cc1ccsc1-c1n[nH]c2c1CN(C)CC2. The number of aryl methyl sites for hydroxylation is 1. The molecule has 0 saturated carbocycles. The zero-order valence-corrected chi connectivity index (χ0v) is 10.4. The van der Waals surface area contributed by atoms with Crippen LogP contribution in [0.5, 0.6) is 0 Å². The predicted molar refractivity (Wildman–Crippen MR) is 66.7 cm³/mol. The smallest absolute Gasteiger partial charge is 0.107 e. The van der Waals surface area contributed by atoms with Crippen molar-refractivity contribution < 1.29 is 0 Å². The van der Waals surface area contributed by atoms with E-state index in [1.165, 1.54) is 21.7 Å². The van der Waals surface area contributed by atoms with Crippen molar-refractivity contribution in [3.8, 4) is 10.6 Å². The lowest BCUT2D eigenvalue weighted by Gasteiger charge is -2.22. The number of likely N-dealkylation sites (N-methyl/N-ethyl adjacent to an activating group) is 1. The molecule has 0 aliphatic carbocycles. The molecule has 0 unspecified atom stereocenters. The molecule has 3 rings (SSSR count). The van der Waals surface area contributed by atoms with E-state index in [1.807, 2.05) is 0 Å². The van der Waals surface area contributed by atoms with E-state index in [2.05, 4.69) is 40.5 Å². The Morgan fingerprint density at radius 3 is 3.12 bits per heavy atom. The van der Waals surface area contributed by atoms with Gasteiger partial charge in [0.2, 0.25) is 0 Å². The molecule has 0 bridgehead atoms. The van der Waals surface area contributed by atoms with Gasteiger partial charge in [0.1, 0.15) is 5.69 Å². The number of hydrogen-bond acceptors (Lipinski definition) is 3. The zero-order valence-electron chi connectivity index (χ0n) is 9.58. The first-order valence-electron chi connectivity index (χ1n) is 5.55. The fourth-order valence-corrected chi connectivity index (χ4v) is 3.18. The van der Waals surface area contributed by atoms with Crippen molar-refractivity contribution >= 4 is 11.3 Å². The number of thiophene rings is 1. The second-order valence-electron chi connectivity index (χ2n) is 4.45. The van der Waals surface area contributed by atoms with Gasteiger partial charge < -0.3 is 4.90 Å². The summed E-state index contributed by atoms with van der Waals surface area (Å²) >= 11 is 1.78. The number of hydrogen-bond donors (Lipinski definition) is 1. The van der Waals surface area contributed by atoms with Crippen molar-refractivity contribution in [3.63, 3.8) is 0 Å². The summed E-state index contributed by atoms with van der Waals surface area (Å²) in [4.78, 5) is 3.66. The molecule has 2 aromatic rings. The van der Waals surface area contributed by atoms with E-state index in [0.717, 1.165) is 25.2 Å². The fraction of sp³-hybridized carbons (Fsp3) is 0.417. The number of fused-ring (bicyclic) bond motifs is 1. The molecule has 3 nitrogen and oxygen atoms in total. The molecule has 3 heterocycles. The van der Waals surface area contributed by atoms with Gasteiger partial charge in [-0.05, 0) is 31.0 Å². The number of H-pyrrole nitrogens is 1. The molecule has 0 spiro atoms. The first-order valence-corrected chi connectivity index (χ1v) is 6.43. The number of aromatic nitrogens is 2. The van der Waals surface area contributed by atoms with Crippen molar-refractivity contribution in [1.82, 2.24) is 15.1 Å². The second-order valence-corrected chi connectivity index (χ2v) is 5.37. The maximum absolute atomic E-state index is 4.49. The Bertz CT molecular complexity index is 512. The molecule has 0 radical (unpaired) electrons. The number of aromatic amines is 1. The van der Waals surface area contributed by atoms with E-state index in [4.69, 9.17) is 0 Å². The molecule has 0 saturated heterocycles. The summed E-state index contributed by atoms with van der Waals surface area (Å²) in [6, 6.07) is 2.16. The summed E-state index contributed by atoms with van der Waals surface area (Å²) in [5, 5.41) is 9.82. The molecule has 0 amide bonds. The van der Waals surface area contributed by atoms with Gasteiger partial charge in [0, 0.05) is 30.8 Å². The van der Waals surface area contributed by atoms with E-state index in [1.54, 1.807) is 11.3 Å². The van der Waals surface area contributed by atoms with Crippen molar-refractivity contribution in [2.45, 2.75) is 19.9 Å². The number of rotatable bonds is 1. The molecule has 2 aromatic heterocycles. The van der Waals surface area contributed by atoms with Crippen LogP contribution in [0, 0.1) is 6.92 Å². The van der Waals surface area contributed by atoms with Gasteiger partial charge in [-0.2, -0.15) is 5.10 Å². The van der Waals surface area contributed by atoms with E-state index < -0.39 is 0 Å². The van der Waals surface area contributed by atoms with E-state index >= 15 is 0 Å². The Morgan fingerprint density at radius 1 is 1.50 bits per heavy atom. The number of nitrogens with one attached hydrogen (secondary N) is 1. The van der Waals surface area contributed by atoms with Gasteiger partial charge in [-0.1, -0.05) is 0 Å². The van der Waals surface area contributed by atoms with Crippen LogP contribution >= 0.6 is 11.3 Å². The van der Waals surface area contributed by atoms with Crippen LogP contribution in [0.1, 0.15) is 16.8 Å². The van der Waals surface area contributed by atoms with Crippen LogP contribution in [0.2, 0.25) is 0 Å². The average molecular weight is 233 g/mol. The summed E-state index contributed by atoms with van der Waals surface area (Å²) in [5.41, 5.74) is 5.20. The Balaban J connectivity index is 2.10. The minimum Gasteiger partial charge on any atom is -0.302 e. The first kappa shape index (κ1) is 10.1. The van der Waals surface area contributed by atoms with Crippen LogP contribution in [0.4, 0.5) is 0 Å². The third kappa shape index (κ3) is 1.49. The standard InChI is InChI=1S/C12H15N3S/c1-8-4-6-16-12(8)11-9-7-15(2)5-3-10(9)13-14-11/h4,6H,3,5,7H2,1-2H3,(H,13,14). The van der Waals surface area contributed by atoms with Gasteiger partial charge in [-0.15, -0.1) is 11.3 Å². The van der Waals surface area contributed by atoms with Gasteiger partial charge in [0.15, 0.2) is 0 Å². The summed E-state index contributed by atoms with van der Waals surface area (Å²) in [7, 11) is 2.17. The normalized spacial score (nSPS) is 16.4. The highest BCUT2D eigenvalue weighted by atomic mass is 32.1. The summed E-state index contributed by atoms with van der Waals surface area (Å²) < 4.78 is 0. The largest absolute Gasteiger partial charge is 0.302 e. The lowest BCUT2D eigenvalue weighted by Crippen LogP contribution is -2.26. The van der Waals surface area contributed by atoms with Gasteiger partial charge >= 0.3 is 0 Å². The van der Waals surface area contributed by atoms with Crippen LogP contribution in [0.3, 0.4) is 0 Å². The third-order valence-electron chi connectivity index (χ3n) is 3.20. The predicted octanol–water partition coefficient (Wildman–Crippen LogP) is 2.43. The summed E-state index contributed by atoms with van der Waals surface area (Å²) in [6.45, 7) is 4.29. The molecular weight excluding hydrogens is 218 g/mol. The lowest BCUT2D eigenvalue weighted by molar-refractivity contribution is 0.312. The molecule has 1 N–H and O–H groups in total. The second kappa shape index (κ2) is 3.71. The van der Waals surface area contributed by atoms with Crippen LogP contribution in [0.25, 0.3) is 10.6 Å². The maximum atomic E-state index is 4.49. The third-order valence-corrected chi connectivity index (χ3v) is 4.22. The highest BCUT2D eigenvalue weighted by Crippen LogP contribution is 2.33. The molecule has 84 valence electrons. The molecular formula is C12H15N3S. The van der Waals surface area contributed by atoms with Crippen LogP contribution in [0.15, 0.2) is 11.4 Å². The zero-order chi connectivity index (χ0) is 11.1. The molecule has 4 heteroatoms.